The van der Waals surface area contributed by atoms with Crippen molar-refractivity contribution in [3.63, 3.8) is 0 Å². The van der Waals surface area contributed by atoms with Gasteiger partial charge in [-0.15, -0.1) is 0 Å². The SMILES string of the molecule is N#CC1CCCN(CC(=O)N2CCCC2)C1. The monoisotopic (exact) mass is 221 g/mol. The van der Waals surface area contributed by atoms with E-state index in [4.69, 9.17) is 5.26 Å². The lowest BCUT2D eigenvalue weighted by Gasteiger charge is -2.30. The van der Waals surface area contributed by atoms with Crippen LogP contribution in [0.3, 0.4) is 0 Å². The maximum Gasteiger partial charge on any atom is 0.236 e. The van der Waals surface area contributed by atoms with E-state index in [9.17, 15) is 4.79 Å². The van der Waals surface area contributed by atoms with Crippen molar-refractivity contribution < 1.29 is 4.79 Å². The van der Waals surface area contributed by atoms with Crippen LogP contribution in [0.2, 0.25) is 0 Å². The highest BCUT2D eigenvalue weighted by Crippen LogP contribution is 2.16. The first-order chi connectivity index (χ1) is 7.79. The van der Waals surface area contributed by atoms with Gasteiger partial charge in [0.1, 0.15) is 0 Å². The van der Waals surface area contributed by atoms with Gasteiger partial charge in [-0.2, -0.15) is 5.26 Å². The number of piperidine rings is 1. The van der Waals surface area contributed by atoms with Crippen molar-refractivity contribution in [2.24, 2.45) is 5.92 Å². The van der Waals surface area contributed by atoms with Crippen molar-refractivity contribution in [3.8, 4) is 6.07 Å². The Kier molecular flexibility index (Phi) is 3.79. The van der Waals surface area contributed by atoms with E-state index >= 15 is 0 Å². The number of amides is 1. The van der Waals surface area contributed by atoms with E-state index in [2.05, 4.69) is 11.0 Å². The second-order valence-electron chi connectivity index (χ2n) is 4.79. The fourth-order valence-corrected chi connectivity index (χ4v) is 2.56. The molecule has 4 heteroatoms. The molecule has 0 aromatic carbocycles. The molecule has 1 unspecified atom stereocenters. The van der Waals surface area contributed by atoms with Crippen LogP contribution in [-0.2, 0) is 4.79 Å². The van der Waals surface area contributed by atoms with Gasteiger partial charge >= 0.3 is 0 Å². The summed E-state index contributed by atoms with van der Waals surface area (Å²) < 4.78 is 0. The van der Waals surface area contributed by atoms with Gasteiger partial charge in [-0.1, -0.05) is 0 Å². The molecule has 0 saturated carbocycles. The van der Waals surface area contributed by atoms with E-state index in [-0.39, 0.29) is 11.8 Å². The van der Waals surface area contributed by atoms with E-state index in [0.29, 0.717) is 6.54 Å². The second-order valence-corrected chi connectivity index (χ2v) is 4.79. The third-order valence-corrected chi connectivity index (χ3v) is 3.51. The van der Waals surface area contributed by atoms with E-state index < -0.39 is 0 Å². The Bertz CT molecular complexity index is 291. The third-order valence-electron chi connectivity index (χ3n) is 3.51. The van der Waals surface area contributed by atoms with Crippen LogP contribution in [0.1, 0.15) is 25.7 Å². The molecule has 0 spiro atoms. The normalized spacial score (nSPS) is 26.7. The van der Waals surface area contributed by atoms with Crippen LogP contribution in [0.4, 0.5) is 0 Å². The molecule has 1 atom stereocenters. The van der Waals surface area contributed by atoms with Crippen molar-refractivity contribution >= 4 is 5.91 Å². The average Bonchev–Trinajstić information content (AvgIpc) is 2.83. The number of hydrogen-bond acceptors (Lipinski definition) is 3. The van der Waals surface area contributed by atoms with Crippen LogP contribution in [0.15, 0.2) is 0 Å². The molecule has 2 saturated heterocycles. The number of carbonyl (C=O) groups excluding carboxylic acids is 1. The number of nitriles is 1. The minimum Gasteiger partial charge on any atom is -0.342 e. The molecule has 0 aliphatic carbocycles. The van der Waals surface area contributed by atoms with Gasteiger partial charge in [-0.3, -0.25) is 9.69 Å². The summed E-state index contributed by atoms with van der Waals surface area (Å²) in [5.74, 6) is 0.371. The fourth-order valence-electron chi connectivity index (χ4n) is 2.56. The standard InChI is InChI=1S/C12H19N3O/c13-8-11-4-3-5-14(9-11)10-12(16)15-6-1-2-7-15/h11H,1-7,9-10H2. The summed E-state index contributed by atoms with van der Waals surface area (Å²) in [6, 6.07) is 2.31. The number of likely N-dealkylation sites (tertiary alicyclic amines) is 2. The smallest absolute Gasteiger partial charge is 0.236 e. The third kappa shape index (κ3) is 2.73. The Balaban J connectivity index is 1.80. The van der Waals surface area contributed by atoms with E-state index in [1.165, 1.54) is 0 Å². The Labute approximate surface area is 96.8 Å². The highest BCUT2D eigenvalue weighted by molar-refractivity contribution is 5.78. The molecule has 0 aromatic rings. The highest BCUT2D eigenvalue weighted by atomic mass is 16.2. The molecule has 88 valence electrons. The first-order valence-electron chi connectivity index (χ1n) is 6.19. The molecular weight excluding hydrogens is 202 g/mol. The second kappa shape index (κ2) is 5.31. The average molecular weight is 221 g/mol. The fraction of sp³-hybridized carbons (Fsp3) is 0.833. The van der Waals surface area contributed by atoms with Gasteiger partial charge in [0.15, 0.2) is 0 Å². The van der Waals surface area contributed by atoms with Gasteiger partial charge in [-0.05, 0) is 32.2 Å². The zero-order chi connectivity index (χ0) is 11.4. The zero-order valence-electron chi connectivity index (χ0n) is 9.69. The predicted molar refractivity (Wildman–Crippen MR) is 60.6 cm³/mol. The Morgan fingerprint density at radius 2 is 2.00 bits per heavy atom. The summed E-state index contributed by atoms with van der Waals surface area (Å²) in [6.45, 7) is 4.11. The van der Waals surface area contributed by atoms with Crippen molar-refractivity contribution in [1.29, 1.82) is 5.26 Å². The van der Waals surface area contributed by atoms with Crippen molar-refractivity contribution in [2.75, 3.05) is 32.7 Å². The molecule has 0 aromatic heterocycles. The molecule has 4 nitrogen and oxygen atoms in total. The van der Waals surface area contributed by atoms with Gasteiger partial charge in [0.2, 0.25) is 5.91 Å². The van der Waals surface area contributed by atoms with Gasteiger partial charge in [0.05, 0.1) is 18.5 Å². The van der Waals surface area contributed by atoms with Crippen molar-refractivity contribution in [2.45, 2.75) is 25.7 Å². The predicted octanol–water partition coefficient (Wildman–Crippen LogP) is 0.844. The van der Waals surface area contributed by atoms with Gasteiger partial charge < -0.3 is 4.90 Å². The van der Waals surface area contributed by atoms with Gasteiger partial charge in [0, 0.05) is 19.6 Å². The van der Waals surface area contributed by atoms with Crippen LogP contribution in [0.25, 0.3) is 0 Å². The molecule has 1 amide bonds. The number of rotatable bonds is 2. The summed E-state index contributed by atoms with van der Waals surface area (Å²) >= 11 is 0. The summed E-state index contributed by atoms with van der Waals surface area (Å²) in [5, 5.41) is 8.88. The molecule has 2 aliphatic heterocycles. The largest absolute Gasteiger partial charge is 0.342 e. The van der Waals surface area contributed by atoms with Crippen LogP contribution < -0.4 is 0 Å². The number of hydrogen-bond donors (Lipinski definition) is 0. The topological polar surface area (TPSA) is 47.3 Å². The minimum absolute atomic E-state index is 0.125. The van der Waals surface area contributed by atoms with Gasteiger partial charge in [-0.25, -0.2) is 0 Å². The Hall–Kier alpha value is -1.08. The van der Waals surface area contributed by atoms with Crippen LogP contribution >= 0.6 is 0 Å². The molecule has 0 radical (unpaired) electrons. The summed E-state index contributed by atoms with van der Waals surface area (Å²) in [6.07, 6.45) is 4.33. The Morgan fingerprint density at radius 1 is 1.25 bits per heavy atom. The highest BCUT2D eigenvalue weighted by Gasteiger charge is 2.24. The van der Waals surface area contributed by atoms with Crippen LogP contribution in [0, 0.1) is 17.2 Å². The van der Waals surface area contributed by atoms with Crippen molar-refractivity contribution in [1.82, 2.24) is 9.80 Å². The molecule has 2 fully saturated rings. The molecule has 0 bridgehead atoms. The quantitative estimate of drug-likeness (QED) is 0.694. The molecule has 2 heterocycles. The summed E-state index contributed by atoms with van der Waals surface area (Å²) in [7, 11) is 0. The van der Waals surface area contributed by atoms with E-state index in [1.54, 1.807) is 0 Å². The van der Waals surface area contributed by atoms with E-state index in [0.717, 1.165) is 51.9 Å². The van der Waals surface area contributed by atoms with Crippen LogP contribution in [0.5, 0.6) is 0 Å². The maximum atomic E-state index is 11.9. The number of nitrogens with zero attached hydrogens (tertiary/aromatic N) is 3. The van der Waals surface area contributed by atoms with Crippen molar-refractivity contribution in [3.05, 3.63) is 0 Å². The first kappa shape index (κ1) is 11.4. The zero-order valence-corrected chi connectivity index (χ0v) is 9.69. The van der Waals surface area contributed by atoms with E-state index in [1.807, 2.05) is 4.90 Å². The summed E-state index contributed by atoms with van der Waals surface area (Å²) in [4.78, 5) is 16.0. The van der Waals surface area contributed by atoms with Gasteiger partial charge in [0.25, 0.3) is 0 Å². The molecule has 0 N–H and O–H groups in total. The minimum atomic E-state index is 0.125. The first-order valence-corrected chi connectivity index (χ1v) is 6.19. The summed E-state index contributed by atoms with van der Waals surface area (Å²) in [5.41, 5.74) is 0. The molecule has 2 rings (SSSR count). The maximum absolute atomic E-state index is 11.9. The molecule has 16 heavy (non-hydrogen) atoms. The molecule has 2 aliphatic rings. The Morgan fingerprint density at radius 3 is 2.69 bits per heavy atom. The lowest BCUT2D eigenvalue weighted by molar-refractivity contribution is -0.131. The number of carbonyl (C=O) groups is 1. The molecular formula is C12H19N3O. The van der Waals surface area contributed by atoms with Crippen LogP contribution in [-0.4, -0.2) is 48.4 Å². The lowest BCUT2D eigenvalue weighted by Crippen LogP contribution is -2.43. The lowest BCUT2D eigenvalue weighted by atomic mass is 10.00.